The summed E-state index contributed by atoms with van der Waals surface area (Å²) in [4.78, 5) is 10.3. The maximum atomic E-state index is 13.3. The maximum Gasteiger partial charge on any atom is 0.332 e. The Labute approximate surface area is 96.0 Å². The number of carbonyl (C=O) groups excluding carboxylic acids is 1. The fourth-order valence-corrected chi connectivity index (χ4v) is 1.27. The molecule has 1 aromatic rings. The van der Waals surface area contributed by atoms with Gasteiger partial charge < -0.3 is 10.5 Å². The van der Waals surface area contributed by atoms with Crippen LogP contribution in [0.3, 0.4) is 0 Å². The number of carbonyl (C=O) groups is 1. The summed E-state index contributed by atoms with van der Waals surface area (Å²) in [6, 6.07) is 1.71. The van der Waals surface area contributed by atoms with Gasteiger partial charge in [-0.15, -0.1) is 0 Å². The molecule has 0 aliphatic heterocycles. The number of urea groups is 1. The van der Waals surface area contributed by atoms with Crippen molar-refractivity contribution >= 4 is 23.8 Å². The zero-order valence-electron chi connectivity index (χ0n) is 8.33. The van der Waals surface area contributed by atoms with Crippen LogP contribution in [0.2, 0.25) is 5.02 Å². The fourth-order valence-electron chi connectivity index (χ4n) is 0.986. The summed E-state index contributed by atoms with van der Waals surface area (Å²) in [5, 5.41) is 3.48. The number of ether oxygens (including phenoxy) is 1. The van der Waals surface area contributed by atoms with Crippen LogP contribution in [0, 0.1) is 5.82 Å². The lowest BCUT2D eigenvalue weighted by Gasteiger charge is -2.05. The summed E-state index contributed by atoms with van der Waals surface area (Å²) >= 11 is 5.83. The zero-order valence-corrected chi connectivity index (χ0v) is 9.08. The van der Waals surface area contributed by atoms with Crippen LogP contribution in [0.25, 0.3) is 0 Å². The SMILES string of the molecule is COc1ccc(F)c(C=NNC(N)=O)c1Cl. The molecule has 16 heavy (non-hydrogen) atoms. The van der Waals surface area contributed by atoms with Gasteiger partial charge in [0, 0.05) is 0 Å². The van der Waals surface area contributed by atoms with E-state index in [0.717, 1.165) is 6.21 Å². The van der Waals surface area contributed by atoms with Crippen molar-refractivity contribution in [2.45, 2.75) is 0 Å². The van der Waals surface area contributed by atoms with E-state index >= 15 is 0 Å². The van der Waals surface area contributed by atoms with Crippen molar-refractivity contribution < 1.29 is 13.9 Å². The topological polar surface area (TPSA) is 76.7 Å². The molecule has 0 heterocycles. The van der Waals surface area contributed by atoms with Crippen molar-refractivity contribution in [2.75, 3.05) is 7.11 Å². The Kier molecular flexibility index (Phi) is 4.07. The van der Waals surface area contributed by atoms with Crippen LogP contribution < -0.4 is 15.9 Å². The molecule has 1 rings (SSSR count). The average molecular weight is 246 g/mol. The Bertz CT molecular complexity index is 437. The Hall–Kier alpha value is -1.82. The number of rotatable bonds is 3. The Morgan fingerprint density at radius 3 is 2.94 bits per heavy atom. The largest absolute Gasteiger partial charge is 0.495 e. The molecule has 3 N–H and O–H groups in total. The van der Waals surface area contributed by atoms with Gasteiger partial charge in [0.15, 0.2) is 0 Å². The van der Waals surface area contributed by atoms with Crippen LogP contribution in [-0.4, -0.2) is 19.4 Å². The van der Waals surface area contributed by atoms with Crippen molar-refractivity contribution in [2.24, 2.45) is 10.8 Å². The van der Waals surface area contributed by atoms with Crippen molar-refractivity contribution in [3.05, 3.63) is 28.5 Å². The van der Waals surface area contributed by atoms with Gasteiger partial charge in [0.25, 0.3) is 0 Å². The number of hydrogen-bond acceptors (Lipinski definition) is 3. The standard InChI is InChI=1S/C9H9ClFN3O2/c1-16-7-3-2-6(11)5(8(7)10)4-13-14-9(12)15/h2-4H,1H3,(H3,12,14,15). The van der Waals surface area contributed by atoms with E-state index in [9.17, 15) is 9.18 Å². The van der Waals surface area contributed by atoms with E-state index in [-0.39, 0.29) is 10.6 Å². The number of hydrogen-bond donors (Lipinski definition) is 2. The first-order valence-electron chi connectivity index (χ1n) is 4.16. The van der Waals surface area contributed by atoms with Gasteiger partial charge in [0.05, 0.1) is 23.9 Å². The molecule has 0 radical (unpaired) electrons. The smallest absolute Gasteiger partial charge is 0.332 e. The number of amides is 2. The van der Waals surface area contributed by atoms with Crippen LogP contribution in [0.15, 0.2) is 17.2 Å². The number of primary amides is 1. The van der Waals surface area contributed by atoms with Crippen molar-refractivity contribution in [3.8, 4) is 5.75 Å². The normalized spacial score (nSPS) is 10.4. The second kappa shape index (κ2) is 5.32. The van der Waals surface area contributed by atoms with Crippen LogP contribution in [0.5, 0.6) is 5.75 Å². The lowest BCUT2D eigenvalue weighted by molar-refractivity contribution is 0.249. The molecule has 2 amide bonds. The van der Waals surface area contributed by atoms with Crippen LogP contribution in [0.4, 0.5) is 9.18 Å². The molecule has 7 heteroatoms. The van der Waals surface area contributed by atoms with Crippen LogP contribution >= 0.6 is 11.6 Å². The minimum absolute atomic E-state index is 0.00904. The summed E-state index contributed by atoms with van der Waals surface area (Å²) in [6.07, 6.45) is 1.05. The first kappa shape index (κ1) is 12.3. The third-order valence-electron chi connectivity index (χ3n) is 1.68. The molecule has 0 saturated heterocycles. The number of hydrazone groups is 1. The van der Waals surface area contributed by atoms with Gasteiger partial charge in [-0.05, 0) is 12.1 Å². The highest BCUT2D eigenvalue weighted by molar-refractivity contribution is 6.34. The van der Waals surface area contributed by atoms with Crippen molar-refractivity contribution in [1.82, 2.24) is 5.43 Å². The van der Waals surface area contributed by atoms with Crippen LogP contribution in [0.1, 0.15) is 5.56 Å². The number of halogens is 2. The van der Waals surface area contributed by atoms with E-state index < -0.39 is 11.8 Å². The molecule has 0 saturated carbocycles. The molecule has 0 bridgehead atoms. The maximum absolute atomic E-state index is 13.3. The van der Waals surface area contributed by atoms with Crippen molar-refractivity contribution in [3.63, 3.8) is 0 Å². The number of methoxy groups -OCH3 is 1. The molecular formula is C9H9ClFN3O2. The fraction of sp³-hybridized carbons (Fsp3) is 0.111. The summed E-state index contributed by atoms with van der Waals surface area (Å²) in [5.41, 5.74) is 6.71. The van der Waals surface area contributed by atoms with E-state index in [4.69, 9.17) is 22.1 Å². The minimum Gasteiger partial charge on any atom is -0.495 e. The van der Waals surface area contributed by atoms with Gasteiger partial charge in [-0.1, -0.05) is 11.6 Å². The molecule has 0 atom stereocenters. The third-order valence-corrected chi connectivity index (χ3v) is 2.07. The summed E-state index contributed by atoms with van der Waals surface area (Å²) in [7, 11) is 1.40. The lowest BCUT2D eigenvalue weighted by atomic mass is 10.2. The average Bonchev–Trinajstić information content (AvgIpc) is 2.23. The quantitative estimate of drug-likeness (QED) is 0.625. The van der Waals surface area contributed by atoms with Crippen molar-refractivity contribution in [1.29, 1.82) is 0 Å². The summed E-state index contributed by atoms with van der Waals surface area (Å²) < 4.78 is 18.2. The first-order valence-corrected chi connectivity index (χ1v) is 4.54. The summed E-state index contributed by atoms with van der Waals surface area (Å²) in [5.74, 6) is -0.274. The van der Waals surface area contributed by atoms with Gasteiger partial charge in [-0.2, -0.15) is 5.10 Å². The Morgan fingerprint density at radius 2 is 2.38 bits per heavy atom. The second-order valence-electron chi connectivity index (χ2n) is 2.71. The van der Waals surface area contributed by atoms with E-state index in [1.165, 1.54) is 19.2 Å². The van der Waals surface area contributed by atoms with Gasteiger partial charge in [0.2, 0.25) is 0 Å². The van der Waals surface area contributed by atoms with E-state index in [0.29, 0.717) is 5.75 Å². The Morgan fingerprint density at radius 1 is 1.69 bits per heavy atom. The highest BCUT2D eigenvalue weighted by Gasteiger charge is 2.10. The van der Waals surface area contributed by atoms with E-state index in [1.54, 1.807) is 0 Å². The molecule has 5 nitrogen and oxygen atoms in total. The summed E-state index contributed by atoms with van der Waals surface area (Å²) in [6.45, 7) is 0. The number of benzene rings is 1. The van der Waals surface area contributed by atoms with Gasteiger partial charge >= 0.3 is 6.03 Å². The molecule has 0 aliphatic rings. The Balaban J connectivity index is 3.02. The lowest BCUT2D eigenvalue weighted by Crippen LogP contribution is -2.24. The predicted octanol–water partition coefficient (Wildman–Crippen LogP) is 1.49. The highest BCUT2D eigenvalue weighted by atomic mass is 35.5. The number of nitrogens with two attached hydrogens (primary N) is 1. The first-order chi connectivity index (χ1) is 7.56. The molecule has 0 aliphatic carbocycles. The van der Waals surface area contributed by atoms with Gasteiger partial charge in [-0.3, -0.25) is 0 Å². The van der Waals surface area contributed by atoms with E-state index in [2.05, 4.69) is 5.10 Å². The van der Waals surface area contributed by atoms with Gasteiger partial charge in [0.1, 0.15) is 11.6 Å². The van der Waals surface area contributed by atoms with Gasteiger partial charge in [-0.25, -0.2) is 14.6 Å². The molecule has 1 aromatic carbocycles. The predicted molar refractivity (Wildman–Crippen MR) is 58.3 cm³/mol. The molecule has 0 fully saturated rings. The number of nitrogens with one attached hydrogen (secondary N) is 1. The minimum atomic E-state index is -0.851. The molecule has 0 spiro atoms. The molecule has 0 aromatic heterocycles. The molecule has 86 valence electrons. The third kappa shape index (κ3) is 2.83. The zero-order chi connectivity index (χ0) is 12.1. The monoisotopic (exact) mass is 245 g/mol. The molecular weight excluding hydrogens is 237 g/mol. The van der Waals surface area contributed by atoms with E-state index in [1.807, 2.05) is 5.43 Å². The molecule has 0 unspecified atom stereocenters. The van der Waals surface area contributed by atoms with Crippen LogP contribution in [-0.2, 0) is 0 Å². The number of nitrogens with zero attached hydrogens (tertiary/aromatic N) is 1. The highest BCUT2D eigenvalue weighted by Crippen LogP contribution is 2.28. The second-order valence-corrected chi connectivity index (χ2v) is 3.09.